The average Bonchev–Trinajstić information content (AvgIpc) is 2.62. The number of carbonyl (C=O) groups is 2. The second-order valence-corrected chi connectivity index (χ2v) is 6.45. The highest BCUT2D eigenvalue weighted by Crippen LogP contribution is 2.35. The van der Waals surface area contributed by atoms with Crippen LogP contribution in [0, 0.1) is 17.8 Å². The van der Waals surface area contributed by atoms with Gasteiger partial charge in [-0.3, -0.25) is 4.79 Å². The van der Waals surface area contributed by atoms with E-state index in [0.717, 1.165) is 6.42 Å². The van der Waals surface area contributed by atoms with Crippen molar-refractivity contribution in [1.82, 2.24) is 4.90 Å². The lowest BCUT2D eigenvalue weighted by molar-refractivity contribution is -0.156. The largest absolute Gasteiger partial charge is 0.480 e. The van der Waals surface area contributed by atoms with Gasteiger partial charge < -0.3 is 14.7 Å². The zero-order valence-corrected chi connectivity index (χ0v) is 12.7. The number of amides is 1. The maximum atomic E-state index is 12.8. The Hall–Kier alpha value is -1.10. The maximum Gasteiger partial charge on any atom is 0.326 e. The summed E-state index contributed by atoms with van der Waals surface area (Å²) in [6, 6.07) is -0.679. The number of hydrogen-bond acceptors (Lipinski definition) is 3. The molecule has 5 nitrogen and oxygen atoms in total. The molecule has 2 aliphatic heterocycles. The average molecular weight is 283 g/mol. The van der Waals surface area contributed by atoms with Crippen LogP contribution < -0.4 is 0 Å². The van der Waals surface area contributed by atoms with Crippen molar-refractivity contribution in [2.24, 2.45) is 17.8 Å². The van der Waals surface area contributed by atoms with Crippen molar-refractivity contribution in [2.45, 2.75) is 58.8 Å². The fourth-order valence-electron chi connectivity index (χ4n) is 3.52. The van der Waals surface area contributed by atoms with Gasteiger partial charge in [-0.25, -0.2) is 4.79 Å². The maximum absolute atomic E-state index is 12.8. The molecule has 6 atom stereocenters. The number of likely N-dealkylation sites (tertiary alicyclic amines) is 1. The van der Waals surface area contributed by atoms with Crippen LogP contribution in [-0.2, 0) is 14.3 Å². The van der Waals surface area contributed by atoms with E-state index in [1.165, 1.54) is 0 Å². The third-order valence-corrected chi connectivity index (χ3v) is 4.96. The molecule has 0 radical (unpaired) electrons. The molecule has 2 aliphatic rings. The van der Waals surface area contributed by atoms with E-state index >= 15 is 0 Å². The summed E-state index contributed by atoms with van der Waals surface area (Å²) in [6.07, 6.45) is 1.33. The zero-order valence-electron chi connectivity index (χ0n) is 12.7. The van der Waals surface area contributed by atoms with Gasteiger partial charge in [0.05, 0.1) is 18.1 Å². The van der Waals surface area contributed by atoms with Crippen molar-refractivity contribution in [2.75, 3.05) is 6.54 Å². The summed E-state index contributed by atoms with van der Waals surface area (Å²) in [5.74, 6) is -0.675. The van der Waals surface area contributed by atoms with Gasteiger partial charge in [-0.05, 0) is 38.5 Å². The predicted octanol–water partition coefficient (Wildman–Crippen LogP) is 1.76. The topological polar surface area (TPSA) is 66.8 Å². The van der Waals surface area contributed by atoms with E-state index in [-0.39, 0.29) is 30.0 Å². The number of carboxylic acids is 1. The van der Waals surface area contributed by atoms with Gasteiger partial charge >= 0.3 is 5.97 Å². The van der Waals surface area contributed by atoms with E-state index in [2.05, 4.69) is 0 Å². The van der Waals surface area contributed by atoms with Crippen molar-refractivity contribution in [3.05, 3.63) is 0 Å². The van der Waals surface area contributed by atoms with Crippen LogP contribution in [0.4, 0.5) is 0 Å². The number of carboxylic acid groups (broad SMARTS) is 1. The number of nitrogens with zero attached hydrogens (tertiary/aromatic N) is 1. The van der Waals surface area contributed by atoms with Crippen molar-refractivity contribution in [3.63, 3.8) is 0 Å². The first-order valence-electron chi connectivity index (χ1n) is 7.51. The Morgan fingerprint density at radius 2 is 1.80 bits per heavy atom. The minimum Gasteiger partial charge on any atom is -0.480 e. The van der Waals surface area contributed by atoms with Crippen LogP contribution in [0.15, 0.2) is 0 Å². The molecule has 0 bridgehead atoms. The fraction of sp³-hybridized carbons (Fsp3) is 0.867. The highest BCUT2D eigenvalue weighted by molar-refractivity contribution is 5.86. The molecule has 114 valence electrons. The lowest BCUT2D eigenvalue weighted by Gasteiger charge is -2.38. The fourth-order valence-corrected chi connectivity index (χ4v) is 3.52. The van der Waals surface area contributed by atoms with E-state index < -0.39 is 12.0 Å². The number of carbonyl (C=O) groups excluding carboxylic acids is 1. The summed E-state index contributed by atoms with van der Waals surface area (Å²) in [4.78, 5) is 25.8. The summed E-state index contributed by atoms with van der Waals surface area (Å²) in [7, 11) is 0. The Kier molecular flexibility index (Phi) is 4.37. The first kappa shape index (κ1) is 15.3. The van der Waals surface area contributed by atoms with Crippen molar-refractivity contribution in [3.8, 4) is 0 Å². The van der Waals surface area contributed by atoms with Crippen LogP contribution in [0.25, 0.3) is 0 Å². The minimum atomic E-state index is -0.892. The Morgan fingerprint density at radius 3 is 2.30 bits per heavy atom. The summed E-state index contributed by atoms with van der Waals surface area (Å²) >= 11 is 0. The van der Waals surface area contributed by atoms with Gasteiger partial charge in [0.2, 0.25) is 5.91 Å². The van der Waals surface area contributed by atoms with Crippen LogP contribution in [0.5, 0.6) is 0 Å². The SMILES string of the molecule is CC1CCN(C(=O)C2C(C)OC(C)C2C)C(C(=O)O)C1. The van der Waals surface area contributed by atoms with Crippen molar-refractivity contribution < 1.29 is 19.4 Å². The predicted molar refractivity (Wildman–Crippen MR) is 74.2 cm³/mol. The van der Waals surface area contributed by atoms with Crippen molar-refractivity contribution >= 4 is 11.9 Å². The lowest BCUT2D eigenvalue weighted by Crippen LogP contribution is -2.53. The number of rotatable bonds is 2. The second kappa shape index (κ2) is 5.72. The van der Waals surface area contributed by atoms with E-state index in [0.29, 0.717) is 18.9 Å². The first-order valence-corrected chi connectivity index (χ1v) is 7.51. The molecule has 0 aromatic heterocycles. The quantitative estimate of drug-likeness (QED) is 0.838. The van der Waals surface area contributed by atoms with Crippen LogP contribution in [0.3, 0.4) is 0 Å². The molecule has 2 saturated heterocycles. The molecular formula is C15H25NO4. The van der Waals surface area contributed by atoms with E-state index in [4.69, 9.17) is 4.74 Å². The Morgan fingerprint density at radius 1 is 1.15 bits per heavy atom. The third-order valence-electron chi connectivity index (χ3n) is 4.96. The monoisotopic (exact) mass is 283 g/mol. The Balaban J connectivity index is 2.16. The normalized spacial score (nSPS) is 41.7. The van der Waals surface area contributed by atoms with E-state index in [1.54, 1.807) is 4.90 Å². The molecule has 2 rings (SSSR count). The molecular weight excluding hydrogens is 258 g/mol. The van der Waals surface area contributed by atoms with Gasteiger partial charge in [0.15, 0.2) is 0 Å². The molecule has 6 unspecified atom stereocenters. The first-order chi connectivity index (χ1) is 9.32. The highest BCUT2D eigenvalue weighted by atomic mass is 16.5. The van der Waals surface area contributed by atoms with Gasteiger partial charge in [-0.2, -0.15) is 0 Å². The van der Waals surface area contributed by atoms with Gasteiger partial charge in [-0.1, -0.05) is 13.8 Å². The molecule has 0 aliphatic carbocycles. The molecule has 5 heteroatoms. The third kappa shape index (κ3) is 2.68. The van der Waals surface area contributed by atoms with Crippen LogP contribution in [0.2, 0.25) is 0 Å². The van der Waals surface area contributed by atoms with Crippen LogP contribution >= 0.6 is 0 Å². The molecule has 20 heavy (non-hydrogen) atoms. The number of piperidine rings is 1. The molecule has 0 saturated carbocycles. The zero-order chi connectivity index (χ0) is 15.0. The summed E-state index contributed by atoms with van der Waals surface area (Å²) in [5.41, 5.74) is 0. The molecule has 2 fully saturated rings. The van der Waals surface area contributed by atoms with Gasteiger partial charge in [0.25, 0.3) is 0 Å². The summed E-state index contributed by atoms with van der Waals surface area (Å²) in [5, 5.41) is 9.38. The smallest absolute Gasteiger partial charge is 0.326 e. The Labute approximate surface area is 120 Å². The van der Waals surface area contributed by atoms with Crippen molar-refractivity contribution in [1.29, 1.82) is 0 Å². The molecule has 0 aromatic carbocycles. The minimum absolute atomic E-state index is 0.0472. The van der Waals surface area contributed by atoms with Crippen LogP contribution in [0.1, 0.15) is 40.5 Å². The van der Waals surface area contributed by atoms with Gasteiger partial charge in [0, 0.05) is 6.54 Å². The molecule has 1 N–H and O–H groups in total. The van der Waals surface area contributed by atoms with Gasteiger partial charge in [0.1, 0.15) is 6.04 Å². The van der Waals surface area contributed by atoms with E-state index in [1.807, 2.05) is 27.7 Å². The second-order valence-electron chi connectivity index (χ2n) is 6.45. The number of ether oxygens (including phenoxy) is 1. The summed E-state index contributed by atoms with van der Waals surface area (Å²) < 4.78 is 5.72. The number of hydrogen-bond donors (Lipinski definition) is 1. The Bertz CT molecular complexity index is 397. The molecule has 0 spiro atoms. The molecule has 2 heterocycles. The molecule has 1 amide bonds. The van der Waals surface area contributed by atoms with E-state index in [9.17, 15) is 14.7 Å². The van der Waals surface area contributed by atoms with Gasteiger partial charge in [-0.15, -0.1) is 0 Å². The highest BCUT2D eigenvalue weighted by Gasteiger charge is 2.46. The lowest BCUT2D eigenvalue weighted by atomic mass is 9.85. The van der Waals surface area contributed by atoms with Crippen LogP contribution in [-0.4, -0.2) is 46.7 Å². The standard InChI is InChI=1S/C15H25NO4/c1-8-5-6-16(12(7-8)15(18)19)14(17)13-9(2)10(3)20-11(13)4/h8-13H,5-7H2,1-4H3,(H,18,19). The molecule has 0 aromatic rings. The summed E-state index contributed by atoms with van der Waals surface area (Å²) in [6.45, 7) is 8.48. The number of aliphatic carboxylic acids is 1.